The molecule has 0 aromatic heterocycles. The summed E-state index contributed by atoms with van der Waals surface area (Å²) in [7, 11) is 3.31. The average Bonchev–Trinajstić information content (AvgIpc) is 2.05. The molecule has 2 N–H and O–H groups in total. The third-order valence-corrected chi connectivity index (χ3v) is 1.25. The molecular formula is C6H10ClN3O. The van der Waals surface area contributed by atoms with Crippen molar-refractivity contribution in [3.63, 3.8) is 0 Å². The van der Waals surface area contributed by atoms with Crippen molar-refractivity contribution in [2.45, 2.75) is 0 Å². The summed E-state index contributed by atoms with van der Waals surface area (Å²) in [6.07, 6.45) is 1.98. The van der Waals surface area contributed by atoms with Crippen LogP contribution in [-0.4, -0.2) is 26.6 Å². The van der Waals surface area contributed by atoms with Crippen molar-refractivity contribution in [1.29, 1.82) is 0 Å². The van der Waals surface area contributed by atoms with Crippen LogP contribution in [0.15, 0.2) is 15.8 Å². The fraction of sp³-hybridized carbons (Fsp3) is 0.333. The molecule has 0 aliphatic carbocycles. The van der Waals surface area contributed by atoms with Crippen LogP contribution in [0.25, 0.3) is 0 Å². The Bertz CT molecular complexity index is 188. The highest BCUT2D eigenvalue weighted by molar-refractivity contribution is 6.40. The number of halogens is 1. The van der Waals surface area contributed by atoms with Crippen LogP contribution in [0.2, 0.25) is 0 Å². The van der Waals surface area contributed by atoms with Gasteiger partial charge in [-0.25, -0.2) is 0 Å². The van der Waals surface area contributed by atoms with E-state index >= 15 is 0 Å². The fourth-order valence-corrected chi connectivity index (χ4v) is 0.581. The molecule has 0 saturated heterocycles. The highest BCUT2D eigenvalue weighted by Crippen LogP contribution is 2.00. The number of hydrogen-bond donors (Lipinski definition) is 2. The highest BCUT2D eigenvalue weighted by atomic mass is 35.5. The van der Waals surface area contributed by atoms with Crippen LogP contribution in [0.4, 0.5) is 0 Å². The van der Waals surface area contributed by atoms with Gasteiger partial charge in [-0.1, -0.05) is 11.6 Å². The van der Waals surface area contributed by atoms with Crippen molar-refractivity contribution in [3.8, 4) is 0 Å². The monoisotopic (exact) mass is 175 g/mol. The van der Waals surface area contributed by atoms with Gasteiger partial charge in [0.1, 0.15) is 5.03 Å². The summed E-state index contributed by atoms with van der Waals surface area (Å²) in [6.45, 7) is 0. The van der Waals surface area contributed by atoms with Crippen LogP contribution in [0.5, 0.6) is 0 Å². The van der Waals surface area contributed by atoms with Gasteiger partial charge in [-0.15, -0.1) is 0 Å². The molecule has 0 aromatic rings. The highest BCUT2D eigenvalue weighted by Gasteiger charge is 1.96. The Morgan fingerprint density at radius 2 is 2.18 bits per heavy atom. The first kappa shape index (κ1) is 9.97. The predicted molar refractivity (Wildman–Crippen MR) is 45.6 cm³/mol. The molecule has 11 heavy (non-hydrogen) atoms. The van der Waals surface area contributed by atoms with Crippen molar-refractivity contribution in [2.24, 2.45) is 5.10 Å². The van der Waals surface area contributed by atoms with Gasteiger partial charge in [-0.2, -0.15) is 5.10 Å². The first-order valence-corrected chi connectivity index (χ1v) is 3.36. The second kappa shape index (κ2) is 5.73. The predicted octanol–water partition coefficient (Wildman–Crippen LogP) is 0.0603. The van der Waals surface area contributed by atoms with E-state index in [0.717, 1.165) is 0 Å². The van der Waals surface area contributed by atoms with E-state index in [1.807, 2.05) is 0 Å². The molecule has 62 valence electrons. The van der Waals surface area contributed by atoms with Crippen LogP contribution in [-0.2, 0) is 4.79 Å². The van der Waals surface area contributed by atoms with Gasteiger partial charge < -0.3 is 10.7 Å². The lowest BCUT2D eigenvalue weighted by molar-refractivity contribution is -0.104. The SMILES string of the molecule is CN/N=C\C(NC)=C(\Cl)C=O. The van der Waals surface area contributed by atoms with Crippen LogP contribution < -0.4 is 10.7 Å². The third-order valence-electron chi connectivity index (χ3n) is 0.953. The van der Waals surface area contributed by atoms with E-state index in [1.54, 1.807) is 14.1 Å². The van der Waals surface area contributed by atoms with Gasteiger partial charge in [0.25, 0.3) is 0 Å². The van der Waals surface area contributed by atoms with Crippen molar-refractivity contribution >= 4 is 24.1 Å². The summed E-state index contributed by atoms with van der Waals surface area (Å²) in [5.41, 5.74) is 3.01. The van der Waals surface area contributed by atoms with E-state index in [0.29, 0.717) is 12.0 Å². The summed E-state index contributed by atoms with van der Waals surface area (Å²) in [4.78, 5) is 10.2. The number of nitrogens with zero attached hydrogens (tertiary/aromatic N) is 1. The van der Waals surface area contributed by atoms with Gasteiger partial charge >= 0.3 is 0 Å². The minimum Gasteiger partial charge on any atom is -0.386 e. The Morgan fingerprint density at radius 3 is 2.55 bits per heavy atom. The number of hydrogen-bond acceptors (Lipinski definition) is 4. The molecule has 5 heteroatoms. The third kappa shape index (κ3) is 3.62. The van der Waals surface area contributed by atoms with Crippen LogP contribution in [0.1, 0.15) is 0 Å². The Morgan fingerprint density at radius 1 is 1.55 bits per heavy atom. The zero-order valence-corrected chi connectivity index (χ0v) is 7.14. The Hall–Kier alpha value is -1.03. The van der Waals surface area contributed by atoms with E-state index in [2.05, 4.69) is 15.8 Å². The van der Waals surface area contributed by atoms with E-state index in [-0.39, 0.29) is 5.03 Å². The molecule has 0 amide bonds. The Balaban J connectivity index is 4.38. The maximum Gasteiger partial charge on any atom is 0.163 e. The maximum atomic E-state index is 10.2. The van der Waals surface area contributed by atoms with Crippen LogP contribution in [0, 0.1) is 0 Å². The van der Waals surface area contributed by atoms with Gasteiger partial charge in [0.2, 0.25) is 0 Å². The van der Waals surface area contributed by atoms with Gasteiger partial charge in [0, 0.05) is 14.1 Å². The van der Waals surface area contributed by atoms with E-state index < -0.39 is 0 Å². The van der Waals surface area contributed by atoms with Gasteiger partial charge in [-0.3, -0.25) is 4.79 Å². The van der Waals surface area contributed by atoms with E-state index in [1.165, 1.54) is 6.21 Å². The lowest BCUT2D eigenvalue weighted by atomic mass is 10.4. The molecular weight excluding hydrogens is 166 g/mol. The maximum absolute atomic E-state index is 10.2. The average molecular weight is 176 g/mol. The molecule has 0 spiro atoms. The molecule has 0 saturated carbocycles. The number of carbonyl (C=O) groups is 1. The second-order valence-electron chi connectivity index (χ2n) is 1.61. The Kier molecular flexibility index (Phi) is 5.20. The molecule has 0 fully saturated rings. The molecule has 0 rings (SSSR count). The molecule has 4 nitrogen and oxygen atoms in total. The molecule has 0 radical (unpaired) electrons. The van der Waals surface area contributed by atoms with Crippen molar-refractivity contribution in [1.82, 2.24) is 10.7 Å². The summed E-state index contributed by atoms with van der Waals surface area (Å²) < 4.78 is 0. The normalized spacial score (nSPS) is 12.6. The minimum atomic E-state index is 0.103. The fourth-order valence-electron chi connectivity index (χ4n) is 0.438. The molecule has 0 heterocycles. The number of rotatable bonds is 4. The summed E-state index contributed by atoms with van der Waals surface area (Å²) in [5, 5.41) is 6.49. The molecule has 0 aromatic carbocycles. The number of carbonyl (C=O) groups excluding carboxylic acids is 1. The summed E-state index contributed by atoms with van der Waals surface area (Å²) in [5.74, 6) is 0. The quantitative estimate of drug-likeness (QED) is 0.275. The zero-order valence-electron chi connectivity index (χ0n) is 6.39. The largest absolute Gasteiger partial charge is 0.386 e. The lowest BCUT2D eigenvalue weighted by Crippen LogP contribution is -2.11. The lowest BCUT2D eigenvalue weighted by Gasteiger charge is -1.98. The second-order valence-corrected chi connectivity index (χ2v) is 2.02. The summed E-state index contributed by atoms with van der Waals surface area (Å²) in [6, 6.07) is 0. The number of allylic oxidation sites excluding steroid dienone is 2. The molecule has 0 unspecified atom stereocenters. The van der Waals surface area contributed by atoms with Crippen LogP contribution >= 0.6 is 11.6 Å². The molecule has 0 atom stereocenters. The standard InChI is InChI=1S/C6H10ClN3O/c1-8-6(3-10-9-2)5(7)4-11/h3-4,8-9H,1-2H3/b6-5-,10-3-. The topological polar surface area (TPSA) is 53.5 Å². The van der Waals surface area contributed by atoms with Crippen LogP contribution in [0.3, 0.4) is 0 Å². The Labute approximate surface area is 70.3 Å². The number of aldehydes is 1. The minimum absolute atomic E-state index is 0.103. The molecule has 0 aliphatic rings. The zero-order chi connectivity index (χ0) is 8.69. The van der Waals surface area contributed by atoms with E-state index in [4.69, 9.17) is 11.6 Å². The number of nitrogens with one attached hydrogen (secondary N) is 2. The smallest absolute Gasteiger partial charge is 0.163 e. The number of hydrazone groups is 1. The van der Waals surface area contributed by atoms with Gasteiger partial charge in [0.15, 0.2) is 6.29 Å². The first-order valence-electron chi connectivity index (χ1n) is 2.98. The van der Waals surface area contributed by atoms with Gasteiger partial charge in [-0.05, 0) is 0 Å². The molecule has 0 bridgehead atoms. The molecule has 0 aliphatic heterocycles. The van der Waals surface area contributed by atoms with Crippen molar-refractivity contribution in [2.75, 3.05) is 14.1 Å². The summed E-state index contributed by atoms with van der Waals surface area (Å²) >= 11 is 5.50. The first-order chi connectivity index (χ1) is 5.26. The van der Waals surface area contributed by atoms with E-state index in [9.17, 15) is 4.79 Å². The van der Waals surface area contributed by atoms with Gasteiger partial charge in [0.05, 0.1) is 11.9 Å². The van der Waals surface area contributed by atoms with Crippen molar-refractivity contribution < 1.29 is 4.79 Å². The van der Waals surface area contributed by atoms with Crippen molar-refractivity contribution in [3.05, 3.63) is 10.7 Å².